The molecular weight excluding hydrogens is 368 g/mol. The van der Waals surface area contributed by atoms with Crippen molar-refractivity contribution < 1.29 is 24.3 Å². The molecule has 0 saturated carbocycles. The van der Waals surface area contributed by atoms with Crippen LogP contribution in [0.15, 0.2) is 29.2 Å². The summed E-state index contributed by atoms with van der Waals surface area (Å²) in [5.41, 5.74) is 0.737. The number of nitrogens with one attached hydrogen (secondary N) is 1. The molecule has 0 spiro atoms. The van der Waals surface area contributed by atoms with Crippen LogP contribution < -0.4 is 5.32 Å². The maximum Gasteiger partial charge on any atom is 0.305 e. The van der Waals surface area contributed by atoms with Crippen LogP contribution in [0, 0.1) is 0 Å². The highest BCUT2D eigenvalue weighted by atomic mass is 35.5. The van der Waals surface area contributed by atoms with Crippen LogP contribution in [-0.4, -0.2) is 46.1 Å². The van der Waals surface area contributed by atoms with Crippen molar-refractivity contribution in [2.45, 2.75) is 12.8 Å². The molecule has 0 bridgehead atoms. The average Bonchev–Trinajstić information content (AvgIpc) is 2.81. The fourth-order valence-electron chi connectivity index (χ4n) is 2.01. The minimum atomic E-state index is -1.02. The van der Waals surface area contributed by atoms with Gasteiger partial charge in [0.05, 0.1) is 11.3 Å². The Labute approximate surface area is 153 Å². The van der Waals surface area contributed by atoms with Crippen LogP contribution in [0.5, 0.6) is 0 Å². The number of carbonyl (C=O) groups excluding carboxylic acids is 3. The molecule has 2 N–H and O–H groups in total. The molecule has 0 aliphatic carbocycles. The van der Waals surface area contributed by atoms with Gasteiger partial charge in [-0.15, -0.1) is 0 Å². The number of carboxylic acids is 1. The molecule has 1 heterocycles. The second-order valence-corrected chi connectivity index (χ2v) is 6.56. The number of nitrogens with zero attached hydrogens (tertiary/aromatic N) is 1. The van der Waals surface area contributed by atoms with Crippen molar-refractivity contribution in [2.24, 2.45) is 0 Å². The number of amides is 3. The van der Waals surface area contributed by atoms with Crippen molar-refractivity contribution >= 4 is 52.5 Å². The number of thioether (sulfide) groups is 1. The fraction of sp³-hybridized carbons (Fsp3) is 0.250. The van der Waals surface area contributed by atoms with Gasteiger partial charge in [-0.05, 0) is 35.5 Å². The Morgan fingerprint density at radius 2 is 1.88 bits per heavy atom. The van der Waals surface area contributed by atoms with Gasteiger partial charge in [0.2, 0.25) is 5.91 Å². The molecule has 0 radical (unpaired) electrons. The SMILES string of the molecule is O=C(O)CCNC(=O)CCN1C(=O)SC(=Cc2ccc(Cl)cc2)C1=O. The standard InChI is InChI=1S/C16H15ClN2O5S/c17-11-3-1-10(2-4-11)9-12-15(23)19(16(24)25-12)8-6-13(20)18-7-5-14(21)22/h1-4,9H,5-8H2,(H,18,20)(H,21,22). The second-order valence-electron chi connectivity index (χ2n) is 5.13. The molecule has 1 aliphatic rings. The van der Waals surface area contributed by atoms with Crippen LogP contribution in [0.1, 0.15) is 18.4 Å². The minimum Gasteiger partial charge on any atom is -0.481 e. The van der Waals surface area contributed by atoms with E-state index in [1.54, 1.807) is 30.3 Å². The van der Waals surface area contributed by atoms with Gasteiger partial charge in [-0.2, -0.15) is 0 Å². The first kappa shape index (κ1) is 19.0. The monoisotopic (exact) mass is 382 g/mol. The van der Waals surface area contributed by atoms with Gasteiger partial charge >= 0.3 is 5.97 Å². The summed E-state index contributed by atoms with van der Waals surface area (Å²) in [5.74, 6) is -1.89. The Kier molecular flexibility index (Phi) is 6.60. The Morgan fingerprint density at radius 1 is 1.20 bits per heavy atom. The zero-order valence-electron chi connectivity index (χ0n) is 13.0. The van der Waals surface area contributed by atoms with E-state index in [2.05, 4.69) is 5.32 Å². The van der Waals surface area contributed by atoms with Crippen LogP contribution in [-0.2, 0) is 14.4 Å². The molecule has 25 heavy (non-hydrogen) atoms. The van der Waals surface area contributed by atoms with Gasteiger partial charge in [0, 0.05) is 24.5 Å². The largest absolute Gasteiger partial charge is 0.481 e. The van der Waals surface area contributed by atoms with Gasteiger partial charge in [-0.1, -0.05) is 23.7 Å². The number of hydrogen-bond acceptors (Lipinski definition) is 5. The van der Waals surface area contributed by atoms with E-state index in [0.29, 0.717) is 5.02 Å². The molecule has 9 heteroatoms. The van der Waals surface area contributed by atoms with Crippen molar-refractivity contribution in [3.63, 3.8) is 0 Å². The van der Waals surface area contributed by atoms with Gasteiger partial charge in [0.15, 0.2) is 0 Å². The molecule has 1 aromatic carbocycles. The van der Waals surface area contributed by atoms with Gasteiger partial charge in [-0.25, -0.2) is 0 Å². The number of hydrogen-bond donors (Lipinski definition) is 2. The van der Waals surface area contributed by atoms with Gasteiger partial charge in [-0.3, -0.25) is 24.1 Å². The number of benzene rings is 1. The Hall–Kier alpha value is -2.32. The van der Waals surface area contributed by atoms with Crippen LogP contribution in [0.3, 0.4) is 0 Å². The number of rotatable bonds is 7. The molecule has 1 aliphatic heterocycles. The van der Waals surface area contributed by atoms with E-state index in [0.717, 1.165) is 22.2 Å². The van der Waals surface area contributed by atoms with E-state index in [4.69, 9.17) is 16.7 Å². The molecule has 0 unspecified atom stereocenters. The third kappa shape index (κ3) is 5.61. The smallest absolute Gasteiger partial charge is 0.305 e. The van der Waals surface area contributed by atoms with Gasteiger partial charge in [0.25, 0.3) is 11.1 Å². The number of aliphatic carboxylic acids is 1. The lowest BCUT2D eigenvalue weighted by Gasteiger charge is -2.11. The van der Waals surface area contributed by atoms with E-state index >= 15 is 0 Å². The summed E-state index contributed by atoms with van der Waals surface area (Å²) in [6, 6.07) is 6.82. The molecule has 0 aromatic heterocycles. The van der Waals surface area contributed by atoms with Gasteiger partial charge in [0.1, 0.15) is 0 Å². The number of halogens is 1. The lowest BCUT2D eigenvalue weighted by atomic mass is 10.2. The predicted octanol–water partition coefficient (Wildman–Crippen LogP) is 2.36. The van der Waals surface area contributed by atoms with Crippen molar-refractivity contribution in [3.8, 4) is 0 Å². The summed E-state index contributed by atoms with van der Waals surface area (Å²) < 4.78 is 0. The summed E-state index contributed by atoms with van der Waals surface area (Å²) in [6.07, 6.45) is 1.33. The first-order valence-electron chi connectivity index (χ1n) is 7.36. The molecule has 3 amide bonds. The average molecular weight is 383 g/mol. The topological polar surface area (TPSA) is 104 Å². The number of carbonyl (C=O) groups is 4. The zero-order valence-corrected chi connectivity index (χ0v) is 14.6. The van der Waals surface area contributed by atoms with Crippen LogP contribution >= 0.6 is 23.4 Å². The maximum absolute atomic E-state index is 12.3. The molecule has 2 rings (SSSR count). The highest BCUT2D eigenvalue weighted by Gasteiger charge is 2.34. The zero-order chi connectivity index (χ0) is 18.4. The van der Waals surface area contributed by atoms with E-state index in [-0.39, 0.29) is 30.8 Å². The van der Waals surface area contributed by atoms with Gasteiger partial charge < -0.3 is 10.4 Å². The molecule has 1 aromatic rings. The van der Waals surface area contributed by atoms with E-state index < -0.39 is 23.0 Å². The molecule has 0 atom stereocenters. The van der Waals surface area contributed by atoms with Crippen molar-refractivity contribution in [1.29, 1.82) is 0 Å². The van der Waals surface area contributed by atoms with Crippen molar-refractivity contribution in [3.05, 3.63) is 39.8 Å². The molecule has 132 valence electrons. The van der Waals surface area contributed by atoms with Crippen molar-refractivity contribution in [1.82, 2.24) is 10.2 Å². The lowest BCUT2D eigenvalue weighted by Crippen LogP contribution is -2.34. The van der Waals surface area contributed by atoms with E-state index in [1.165, 1.54) is 0 Å². The highest BCUT2D eigenvalue weighted by molar-refractivity contribution is 8.18. The highest BCUT2D eigenvalue weighted by Crippen LogP contribution is 2.32. The summed E-state index contributed by atoms with van der Waals surface area (Å²) in [5, 5.41) is 11.0. The van der Waals surface area contributed by atoms with Crippen molar-refractivity contribution in [2.75, 3.05) is 13.1 Å². The van der Waals surface area contributed by atoms with E-state index in [9.17, 15) is 19.2 Å². The molecule has 1 fully saturated rings. The summed E-state index contributed by atoms with van der Waals surface area (Å²) in [4.78, 5) is 47.5. The first-order valence-corrected chi connectivity index (χ1v) is 8.55. The summed E-state index contributed by atoms with van der Waals surface area (Å²) in [6.45, 7) is -0.0476. The predicted molar refractivity (Wildman–Crippen MR) is 94.0 cm³/mol. The Bertz CT molecular complexity index is 733. The third-order valence-electron chi connectivity index (χ3n) is 3.26. The second kappa shape index (κ2) is 8.68. The normalized spacial score (nSPS) is 15.7. The molecule has 1 saturated heterocycles. The van der Waals surface area contributed by atoms with Crippen LogP contribution in [0.4, 0.5) is 4.79 Å². The quantitative estimate of drug-likeness (QED) is 0.701. The van der Waals surface area contributed by atoms with E-state index in [1.807, 2.05) is 0 Å². The fourth-order valence-corrected chi connectivity index (χ4v) is 3.00. The third-order valence-corrected chi connectivity index (χ3v) is 4.42. The summed E-state index contributed by atoms with van der Waals surface area (Å²) >= 11 is 6.61. The minimum absolute atomic E-state index is 0.00648. The summed E-state index contributed by atoms with van der Waals surface area (Å²) in [7, 11) is 0. The first-order chi connectivity index (χ1) is 11.9. The number of imide groups is 1. The molecule has 7 nitrogen and oxygen atoms in total. The Morgan fingerprint density at radius 3 is 2.52 bits per heavy atom. The van der Waals surface area contributed by atoms with Crippen LogP contribution in [0.25, 0.3) is 6.08 Å². The molecular formula is C16H15ClN2O5S. The van der Waals surface area contributed by atoms with Crippen LogP contribution in [0.2, 0.25) is 5.02 Å². The lowest BCUT2D eigenvalue weighted by molar-refractivity contribution is -0.137. The number of carboxylic acid groups (broad SMARTS) is 1. The Balaban J connectivity index is 1.91. The maximum atomic E-state index is 12.3.